The number of ether oxygens (including phenoxy) is 1. The first-order valence-electron chi connectivity index (χ1n) is 8.14. The Morgan fingerprint density at radius 3 is 3.13 bits per heavy atom. The minimum absolute atomic E-state index is 0.0676. The number of hydrogen-bond acceptors (Lipinski definition) is 5. The number of sulfonamides is 1. The summed E-state index contributed by atoms with van der Waals surface area (Å²) in [6.45, 7) is 4.13. The van der Waals surface area contributed by atoms with Crippen molar-refractivity contribution in [1.82, 2.24) is 14.6 Å². The van der Waals surface area contributed by atoms with Crippen LogP contribution in [0.1, 0.15) is 24.8 Å². The molecule has 2 aliphatic heterocycles. The molecule has 0 unspecified atom stereocenters. The monoisotopic (exact) mass is 339 g/mol. The number of rotatable bonds is 6. The van der Waals surface area contributed by atoms with Crippen molar-refractivity contribution in [1.29, 1.82) is 0 Å². The van der Waals surface area contributed by atoms with Gasteiger partial charge in [0.25, 0.3) is 0 Å². The number of piperidine rings is 1. The molecule has 0 amide bonds. The van der Waals surface area contributed by atoms with Crippen molar-refractivity contribution in [2.45, 2.75) is 31.9 Å². The molecule has 3 heterocycles. The molecule has 128 valence electrons. The van der Waals surface area contributed by atoms with Crippen LogP contribution in [-0.4, -0.2) is 56.9 Å². The Morgan fingerprint density at radius 1 is 1.52 bits per heavy atom. The lowest BCUT2D eigenvalue weighted by Crippen LogP contribution is -2.50. The van der Waals surface area contributed by atoms with Crippen molar-refractivity contribution in [2.75, 3.05) is 32.5 Å². The average Bonchev–Trinajstić information content (AvgIpc) is 2.90. The van der Waals surface area contributed by atoms with E-state index in [1.165, 1.54) is 11.8 Å². The molecule has 6 nitrogen and oxygen atoms in total. The molecule has 0 saturated carbocycles. The topological polar surface area (TPSA) is 71.5 Å². The van der Waals surface area contributed by atoms with E-state index in [-0.39, 0.29) is 11.5 Å². The van der Waals surface area contributed by atoms with Crippen LogP contribution in [0.15, 0.2) is 24.5 Å². The number of hydrogen-bond donors (Lipinski definition) is 1. The van der Waals surface area contributed by atoms with Gasteiger partial charge in [0.2, 0.25) is 10.0 Å². The van der Waals surface area contributed by atoms with E-state index < -0.39 is 10.0 Å². The van der Waals surface area contributed by atoms with Gasteiger partial charge in [0, 0.05) is 50.6 Å². The summed E-state index contributed by atoms with van der Waals surface area (Å²) in [4.78, 5) is 6.63. The quantitative estimate of drug-likeness (QED) is 0.837. The fraction of sp³-hybridized carbons (Fsp3) is 0.688. The molecule has 0 radical (unpaired) electrons. The summed E-state index contributed by atoms with van der Waals surface area (Å²) in [5.74, 6) is 0. The summed E-state index contributed by atoms with van der Waals surface area (Å²) in [6.07, 6.45) is 8.02. The first-order valence-corrected chi connectivity index (χ1v) is 10.0. The molecule has 0 aromatic carbocycles. The van der Waals surface area contributed by atoms with Crippen molar-refractivity contribution >= 4 is 10.0 Å². The van der Waals surface area contributed by atoms with Gasteiger partial charge in [0.15, 0.2) is 0 Å². The maximum Gasteiger partial charge on any atom is 0.208 e. The maximum absolute atomic E-state index is 11.3. The highest BCUT2D eigenvalue weighted by atomic mass is 32.2. The number of nitrogens with zero attached hydrogens (tertiary/aromatic N) is 2. The molecule has 0 aliphatic carbocycles. The van der Waals surface area contributed by atoms with Gasteiger partial charge in [0.1, 0.15) is 0 Å². The number of likely N-dealkylation sites (tertiary alicyclic amines) is 1. The Balaban J connectivity index is 1.64. The van der Waals surface area contributed by atoms with Crippen molar-refractivity contribution in [3.63, 3.8) is 0 Å². The van der Waals surface area contributed by atoms with Gasteiger partial charge < -0.3 is 4.74 Å². The van der Waals surface area contributed by atoms with Crippen LogP contribution in [0.25, 0.3) is 0 Å². The Labute approximate surface area is 138 Å². The zero-order valence-electron chi connectivity index (χ0n) is 13.6. The molecular formula is C16H25N3O3S. The van der Waals surface area contributed by atoms with Crippen molar-refractivity contribution < 1.29 is 13.2 Å². The molecule has 23 heavy (non-hydrogen) atoms. The molecular weight excluding hydrogens is 314 g/mol. The van der Waals surface area contributed by atoms with Gasteiger partial charge in [0.05, 0.1) is 12.4 Å². The molecule has 1 N–H and O–H groups in total. The van der Waals surface area contributed by atoms with Crippen LogP contribution in [0.4, 0.5) is 0 Å². The Kier molecular flexibility index (Phi) is 5.01. The summed E-state index contributed by atoms with van der Waals surface area (Å²) in [7, 11) is -3.13. The highest BCUT2D eigenvalue weighted by Crippen LogP contribution is 2.43. The summed E-state index contributed by atoms with van der Waals surface area (Å²) < 4.78 is 31.2. The fourth-order valence-electron chi connectivity index (χ4n) is 3.87. The first-order chi connectivity index (χ1) is 11.0. The molecule has 0 bridgehead atoms. The summed E-state index contributed by atoms with van der Waals surface area (Å²) in [6, 6.07) is 4.06. The lowest BCUT2D eigenvalue weighted by Gasteiger charge is -2.44. The normalized spacial score (nSPS) is 28.7. The number of aromatic nitrogens is 1. The van der Waals surface area contributed by atoms with E-state index in [1.54, 1.807) is 6.20 Å². The molecule has 2 aliphatic rings. The second kappa shape index (κ2) is 6.84. The molecule has 0 spiro atoms. The van der Waals surface area contributed by atoms with Crippen molar-refractivity contribution in [3.05, 3.63) is 30.1 Å². The Bertz CT molecular complexity index is 623. The van der Waals surface area contributed by atoms with Crippen LogP contribution in [0, 0.1) is 5.41 Å². The van der Waals surface area contributed by atoms with Crippen molar-refractivity contribution in [2.24, 2.45) is 5.41 Å². The second-order valence-corrected chi connectivity index (χ2v) is 8.58. The molecule has 1 aromatic rings. The molecule has 2 saturated heterocycles. The lowest BCUT2D eigenvalue weighted by molar-refractivity contribution is -0.0236. The molecule has 2 atom stereocenters. The molecule has 1 aromatic heterocycles. The van der Waals surface area contributed by atoms with E-state index in [9.17, 15) is 8.42 Å². The lowest BCUT2D eigenvalue weighted by atomic mass is 9.74. The van der Waals surface area contributed by atoms with E-state index in [0.29, 0.717) is 6.54 Å². The van der Waals surface area contributed by atoms with Crippen molar-refractivity contribution in [3.8, 4) is 0 Å². The molecule has 7 heteroatoms. The minimum atomic E-state index is -3.13. The van der Waals surface area contributed by atoms with E-state index in [1.807, 2.05) is 12.3 Å². The number of pyridine rings is 1. The van der Waals surface area contributed by atoms with Crippen LogP contribution >= 0.6 is 0 Å². The summed E-state index contributed by atoms with van der Waals surface area (Å²) in [5, 5.41) is 0. The van der Waals surface area contributed by atoms with E-state index >= 15 is 0 Å². The van der Waals surface area contributed by atoms with Gasteiger partial charge in [-0.05, 0) is 30.9 Å². The van der Waals surface area contributed by atoms with Gasteiger partial charge in [-0.3, -0.25) is 9.88 Å². The van der Waals surface area contributed by atoms with Crippen LogP contribution < -0.4 is 4.72 Å². The minimum Gasteiger partial charge on any atom is -0.378 e. The van der Waals surface area contributed by atoms with E-state index in [4.69, 9.17) is 4.74 Å². The Hall–Kier alpha value is -1.02. The highest BCUT2D eigenvalue weighted by Gasteiger charge is 2.47. The Morgan fingerprint density at radius 2 is 2.39 bits per heavy atom. The zero-order valence-corrected chi connectivity index (χ0v) is 14.4. The number of nitrogens with one attached hydrogen (secondary N) is 1. The van der Waals surface area contributed by atoms with Gasteiger partial charge in [-0.25, -0.2) is 13.1 Å². The third-order valence-corrected chi connectivity index (χ3v) is 5.69. The predicted octanol–water partition coefficient (Wildman–Crippen LogP) is 1.00. The third kappa shape index (κ3) is 4.29. The van der Waals surface area contributed by atoms with Gasteiger partial charge in [-0.2, -0.15) is 0 Å². The summed E-state index contributed by atoms with van der Waals surface area (Å²) >= 11 is 0. The average molecular weight is 339 g/mol. The molecule has 3 rings (SSSR count). The van der Waals surface area contributed by atoms with Crippen LogP contribution in [0.3, 0.4) is 0 Å². The second-order valence-electron chi connectivity index (χ2n) is 6.75. The summed E-state index contributed by atoms with van der Waals surface area (Å²) in [5.41, 5.74) is 1.28. The highest BCUT2D eigenvalue weighted by molar-refractivity contribution is 7.88. The van der Waals surface area contributed by atoms with Crippen LogP contribution in [0.5, 0.6) is 0 Å². The number of fused-ring (bicyclic) bond motifs is 1. The zero-order chi connectivity index (χ0) is 16.3. The van der Waals surface area contributed by atoms with Gasteiger partial charge >= 0.3 is 0 Å². The van der Waals surface area contributed by atoms with Gasteiger partial charge in [-0.1, -0.05) is 6.07 Å². The smallest absolute Gasteiger partial charge is 0.208 e. The standard InChI is InChI=1S/C16H25N3O3S/c1-23(20,21)18-8-5-16-6-10-22-15(16)4-9-19(13-16)12-14-3-2-7-17-11-14/h2-3,7,11,15,18H,4-6,8-10,12-13H2,1H3/t15-,16+/m0/s1. The molecule has 2 fully saturated rings. The van der Waals surface area contributed by atoms with E-state index in [0.717, 1.165) is 45.5 Å². The van der Waals surface area contributed by atoms with E-state index in [2.05, 4.69) is 20.7 Å². The maximum atomic E-state index is 11.3. The largest absolute Gasteiger partial charge is 0.378 e. The first kappa shape index (κ1) is 16.8. The SMILES string of the molecule is CS(=O)(=O)NCC[C@]12CCO[C@H]1CCN(Cc1cccnc1)C2. The predicted molar refractivity (Wildman–Crippen MR) is 88.4 cm³/mol. The van der Waals surface area contributed by atoms with Gasteiger partial charge in [-0.15, -0.1) is 0 Å². The fourth-order valence-corrected chi connectivity index (χ4v) is 4.34. The van der Waals surface area contributed by atoms with Crippen LogP contribution in [-0.2, 0) is 21.3 Å². The van der Waals surface area contributed by atoms with Crippen LogP contribution in [0.2, 0.25) is 0 Å². The third-order valence-electron chi connectivity index (χ3n) is 4.96.